The smallest absolute Gasteiger partial charge is 0.283 e. The molecule has 1 aliphatic heterocycles. The molecule has 0 aliphatic carbocycles. The zero-order valence-corrected chi connectivity index (χ0v) is 40.5. The van der Waals surface area contributed by atoms with Crippen molar-refractivity contribution in [2.45, 2.75) is 58.8 Å². The number of rotatable bonds is 17. The summed E-state index contributed by atoms with van der Waals surface area (Å²) in [4.78, 5) is 81.1. The van der Waals surface area contributed by atoms with Gasteiger partial charge in [0.25, 0.3) is 16.7 Å². The van der Waals surface area contributed by atoms with E-state index in [9.17, 15) is 19.2 Å². The van der Waals surface area contributed by atoms with E-state index in [2.05, 4.69) is 19.6 Å². The van der Waals surface area contributed by atoms with Crippen molar-refractivity contribution in [1.29, 1.82) is 0 Å². The number of pyridine rings is 4. The molecule has 15 nitrogen and oxygen atoms in total. The average molecular weight is 961 g/mol. The van der Waals surface area contributed by atoms with Crippen LogP contribution in [-0.2, 0) is 53.0 Å². The van der Waals surface area contributed by atoms with Gasteiger partial charge in [0.1, 0.15) is 19.8 Å². The maximum absolute atomic E-state index is 13.4. The molecule has 0 saturated carbocycles. The van der Waals surface area contributed by atoms with Crippen molar-refractivity contribution in [2.75, 3.05) is 52.4 Å². The van der Waals surface area contributed by atoms with E-state index in [0.29, 0.717) is 72.0 Å². The Kier molecular flexibility index (Phi) is 18.0. The number of hydrogen-bond acceptors (Lipinski definition) is 11. The van der Waals surface area contributed by atoms with E-state index in [1.807, 2.05) is 128 Å². The van der Waals surface area contributed by atoms with Gasteiger partial charge in [-0.15, -0.1) is 14.2 Å². The molecule has 4 aromatic heterocycles. The van der Waals surface area contributed by atoms with Crippen molar-refractivity contribution < 1.29 is 14.5 Å². The number of aromatic nitrogens is 4. The Morgan fingerprint density at radius 3 is 0.930 bits per heavy atom. The van der Waals surface area contributed by atoms with E-state index in [0.717, 1.165) is 58.9 Å². The second kappa shape index (κ2) is 25.5. The van der Waals surface area contributed by atoms with Crippen LogP contribution in [0.25, 0.3) is 0 Å². The predicted molar refractivity (Wildman–Crippen MR) is 274 cm³/mol. The molecular weight excluding hydrogens is 897 g/mol. The maximum Gasteiger partial charge on any atom is 0.283 e. The summed E-state index contributed by atoms with van der Waals surface area (Å²) in [5.74, 6) is 0. The molecule has 0 bridgehead atoms. The predicted octanol–water partition coefficient (Wildman–Crippen LogP) is 4.86. The van der Waals surface area contributed by atoms with Crippen molar-refractivity contribution in [2.24, 2.45) is 7.05 Å². The van der Waals surface area contributed by atoms with Gasteiger partial charge < -0.3 is 19.1 Å². The van der Waals surface area contributed by atoms with Gasteiger partial charge in [-0.1, -0.05) is 115 Å². The lowest BCUT2D eigenvalue weighted by atomic mass is 10.2. The Hall–Kier alpha value is -7.30. The zero-order chi connectivity index (χ0) is 49.2. The van der Waals surface area contributed by atoms with Gasteiger partial charge in [0, 0.05) is 89.4 Å². The molecule has 1 aliphatic rings. The molecule has 8 rings (SSSR count). The molecule has 1 fully saturated rings. The van der Waals surface area contributed by atoms with Crippen LogP contribution in [0, 0.1) is 0 Å². The summed E-state index contributed by atoms with van der Waals surface area (Å²) in [6, 6.07) is 50.5. The van der Waals surface area contributed by atoms with Crippen molar-refractivity contribution in [1.82, 2.24) is 38.4 Å². The molecule has 7 aromatic rings. The van der Waals surface area contributed by atoms with Gasteiger partial charge in [-0.05, 0) is 80.0 Å². The van der Waals surface area contributed by atoms with E-state index in [4.69, 9.17) is 14.5 Å². The fourth-order valence-corrected chi connectivity index (χ4v) is 8.85. The van der Waals surface area contributed by atoms with E-state index in [1.54, 1.807) is 28.8 Å². The van der Waals surface area contributed by atoms with Crippen LogP contribution < -0.4 is 36.7 Å². The first-order valence-corrected chi connectivity index (χ1v) is 24.4. The lowest BCUT2D eigenvalue weighted by molar-refractivity contribution is 0.0682. The van der Waals surface area contributed by atoms with Crippen molar-refractivity contribution in [3.8, 4) is 0 Å². The minimum absolute atomic E-state index is 0.0573. The second-order valence-electron chi connectivity index (χ2n) is 18.0. The monoisotopic (exact) mass is 960 g/mol. The minimum Gasteiger partial charge on any atom is -0.406 e. The van der Waals surface area contributed by atoms with Crippen molar-refractivity contribution >= 4 is 0 Å². The number of nitrogens with zero attached hydrogens (tertiary/aromatic N) is 8. The molecule has 15 heteroatoms. The first-order valence-electron chi connectivity index (χ1n) is 24.4. The van der Waals surface area contributed by atoms with Crippen LogP contribution in [0.5, 0.6) is 0 Å². The topological polar surface area (TPSA) is 129 Å². The van der Waals surface area contributed by atoms with Crippen LogP contribution in [0.4, 0.5) is 0 Å². The lowest BCUT2D eigenvalue weighted by Gasteiger charge is -2.33. The fourth-order valence-electron chi connectivity index (χ4n) is 8.85. The molecule has 370 valence electrons. The molecular formula is C56H64N8O7. The first-order chi connectivity index (χ1) is 34.8. The molecule has 0 unspecified atom stereocenters. The Morgan fingerprint density at radius 2 is 0.606 bits per heavy atom. The van der Waals surface area contributed by atoms with Crippen LogP contribution in [0.3, 0.4) is 0 Å². The summed E-state index contributed by atoms with van der Waals surface area (Å²) in [7, 11) is 1.81. The van der Waals surface area contributed by atoms with E-state index in [-0.39, 0.29) is 42.1 Å². The van der Waals surface area contributed by atoms with Crippen LogP contribution in [0.1, 0.15) is 52.3 Å². The standard InChI is InChI=1S/C56H64N8O7/c1-57-49(23-11-27-53(57)65)39-58-31-15-32-60(41-51-25-13-29-55(67)63(51)70-44-47-19-7-3-8-20-47)37-38-61(42-52-26-14-30-56(68)64(52)71-45-48-21-9-4-10-22-48)34-16-33-59(36-35-58)40-50-24-12-28-54(66)62(50)69-43-46-17-5-2-6-18-46/h2-14,17-30H,15-16,31-45H2,1H3. The summed E-state index contributed by atoms with van der Waals surface area (Å²) in [5.41, 5.74) is 5.24. The molecule has 5 heterocycles. The summed E-state index contributed by atoms with van der Waals surface area (Å²) >= 11 is 0. The maximum atomic E-state index is 13.4. The van der Waals surface area contributed by atoms with Crippen molar-refractivity contribution in [3.63, 3.8) is 0 Å². The van der Waals surface area contributed by atoms with E-state index >= 15 is 0 Å². The average Bonchev–Trinajstić information content (AvgIpc) is 3.38. The van der Waals surface area contributed by atoms with Gasteiger partial charge in [0.05, 0.1) is 17.1 Å². The van der Waals surface area contributed by atoms with Crippen LogP contribution in [0.15, 0.2) is 183 Å². The fraction of sp³-hybridized carbons (Fsp3) is 0.321. The van der Waals surface area contributed by atoms with E-state index in [1.165, 1.54) is 32.4 Å². The van der Waals surface area contributed by atoms with Gasteiger partial charge in [0.15, 0.2) is 0 Å². The molecule has 1 saturated heterocycles. The Bertz CT molecular complexity index is 3000. The molecule has 71 heavy (non-hydrogen) atoms. The minimum atomic E-state index is -0.241. The molecule has 0 atom stereocenters. The third kappa shape index (κ3) is 14.6. The summed E-state index contributed by atoms with van der Waals surface area (Å²) < 4.78 is 5.95. The summed E-state index contributed by atoms with van der Waals surface area (Å²) in [6.07, 6.45) is 1.56. The SMILES string of the molecule is Cn1c(CN2CCCN(Cc3cccc(=O)n3OCc3ccccc3)CCN(Cc3cccc(=O)n3OCc3ccccc3)CCCN(Cc3cccc(=O)n3OCc3ccccc3)CC2)cccc1=O. The first kappa shape index (κ1) is 50.1. The van der Waals surface area contributed by atoms with Gasteiger partial charge >= 0.3 is 0 Å². The number of benzene rings is 3. The van der Waals surface area contributed by atoms with Gasteiger partial charge in [-0.3, -0.25) is 38.8 Å². The molecule has 0 radical (unpaired) electrons. The quantitative estimate of drug-likeness (QED) is 0.124. The molecule has 0 spiro atoms. The van der Waals surface area contributed by atoms with Crippen molar-refractivity contribution in [3.05, 3.63) is 245 Å². The highest BCUT2D eigenvalue weighted by Crippen LogP contribution is 2.14. The normalized spacial score (nSPS) is 14.9. The molecule has 0 N–H and O–H groups in total. The zero-order valence-electron chi connectivity index (χ0n) is 40.5. The van der Waals surface area contributed by atoms with Crippen LogP contribution in [-0.4, -0.2) is 90.7 Å². The third-order valence-electron chi connectivity index (χ3n) is 12.8. The highest BCUT2D eigenvalue weighted by atomic mass is 16.7. The second-order valence-corrected chi connectivity index (χ2v) is 18.0. The van der Waals surface area contributed by atoms with Gasteiger partial charge in [-0.25, -0.2) is 0 Å². The Balaban J connectivity index is 1.08. The highest BCUT2D eigenvalue weighted by molar-refractivity contribution is 5.16. The van der Waals surface area contributed by atoms with E-state index < -0.39 is 0 Å². The third-order valence-corrected chi connectivity index (χ3v) is 12.8. The highest BCUT2D eigenvalue weighted by Gasteiger charge is 2.20. The van der Waals surface area contributed by atoms with Crippen LogP contribution >= 0.6 is 0 Å². The van der Waals surface area contributed by atoms with Crippen LogP contribution in [0.2, 0.25) is 0 Å². The van der Waals surface area contributed by atoms with Gasteiger partial charge in [-0.2, -0.15) is 0 Å². The Labute approximate surface area is 414 Å². The summed E-state index contributed by atoms with van der Waals surface area (Å²) in [5, 5.41) is 0. The molecule has 0 amide bonds. The largest absolute Gasteiger partial charge is 0.406 e. The lowest BCUT2D eigenvalue weighted by Crippen LogP contribution is -2.42. The van der Waals surface area contributed by atoms with Gasteiger partial charge in [0.2, 0.25) is 5.56 Å². The number of hydrogen-bond donors (Lipinski definition) is 0. The molecule has 3 aromatic carbocycles. The summed E-state index contributed by atoms with van der Waals surface area (Å²) in [6.45, 7) is 8.14. The Morgan fingerprint density at radius 1 is 0.324 bits per heavy atom.